The van der Waals surface area contributed by atoms with Crippen LogP contribution in [0.4, 0.5) is 13.2 Å². The summed E-state index contributed by atoms with van der Waals surface area (Å²) < 4.78 is 42.6. The van der Waals surface area contributed by atoms with Crippen LogP contribution >= 0.6 is 11.6 Å². The van der Waals surface area contributed by atoms with E-state index in [1.165, 1.54) is 24.3 Å². The molecule has 0 fully saturated rings. The van der Waals surface area contributed by atoms with Crippen molar-refractivity contribution in [3.05, 3.63) is 52.7 Å². The van der Waals surface area contributed by atoms with Crippen LogP contribution in [0.1, 0.15) is 16.1 Å². The van der Waals surface area contributed by atoms with Crippen molar-refractivity contribution in [2.45, 2.75) is 6.18 Å². The van der Waals surface area contributed by atoms with Gasteiger partial charge in [-0.25, -0.2) is 9.78 Å². The van der Waals surface area contributed by atoms with E-state index < -0.39 is 17.7 Å². The van der Waals surface area contributed by atoms with E-state index in [0.29, 0.717) is 0 Å². The molecule has 1 aromatic carbocycles. The van der Waals surface area contributed by atoms with Gasteiger partial charge in [0.2, 0.25) is 0 Å². The van der Waals surface area contributed by atoms with Crippen molar-refractivity contribution in [1.29, 1.82) is 0 Å². The number of rotatable bonds is 2. The van der Waals surface area contributed by atoms with Crippen LogP contribution in [-0.2, 0) is 10.9 Å². The van der Waals surface area contributed by atoms with E-state index >= 15 is 0 Å². The molecule has 0 spiro atoms. The van der Waals surface area contributed by atoms with Gasteiger partial charge in [-0.3, -0.25) is 0 Å². The molecular formula is C14H9ClF3NO2. The minimum atomic E-state index is -4.45. The van der Waals surface area contributed by atoms with Crippen LogP contribution in [0.5, 0.6) is 0 Å². The molecule has 7 heteroatoms. The zero-order chi connectivity index (χ0) is 15.6. The van der Waals surface area contributed by atoms with Crippen LogP contribution in [0.2, 0.25) is 5.02 Å². The first-order valence-corrected chi connectivity index (χ1v) is 6.13. The minimum Gasteiger partial charge on any atom is -0.464 e. The maximum absolute atomic E-state index is 12.7. The van der Waals surface area contributed by atoms with Crippen molar-refractivity contribution >= 4 is 17.6 Å². The van der Waals surface area contributed by atoms with Gasteiger partial charge in [-0.2, -0.15) is 13.2 Å². The third-order valence-electron chi connectivity index (χ3n) is 2.71. The number of alkyl halides is 3. The van der Waals surface area contributed by atoms with E-state index in [-0.39, 0.29) is 22.0 Å². The Bertz CT molecular complexity index is 686. The summed E-state index contributed by atoms with van der Waals surface area (Å²) in [5.41, 5.74) is -0.511. The summed E-state index contributed by atoms with van der Waals surface area (Å²) in [5.74, 6) is -0.756. The molecular weight excluding hydrogens is 307 g/mol. The maximum atomic E-state index is 12.7. The summed E-state index contributed by atoms with van der Waals surface area (Å²) in [6.45, 7) is 0. The summed E-state index contributed by atoms with van der Waals surface area (Å²) in [5, 5.41) is 0.0672. The second kappa shape index (κ2) is 5.73. The van der Waals surface area contributed by atoms with Crippen molar-refractivity contribution in [2.75, 3.05) is 7.11 Å². The number of carbonyl (C=O) groups is 1. The number of pyridine rings is 1. The monoisotopic (exact) mass is 315 g/mol. The van der Waals surface area contributed by atoms with Crippen LogP contribution < -0.4 is 0 Å². The molecule has 3 nitrogen and oxygen atoms in total. The molecule has 2 rings (SSSR count). The number of halogens is 4. The molecule has 0 N–H and O–H groups in total. The zero-order valence-electron chi connectivity index (χ0n) is 10.7. The molecule has 1 heterocycles. The van der Waals surface area contributed by atoms with E-state index in [1.54, 1.807) is 0 Å². The first-order chi connectivity index (χ1) is 9.82. The zero-order valence-corrected chi connectivity index (χ0v) is 11.5. The Labute approximate surface area is 123 Å². The van der Waals surface area contributed by atoms with Crippen LogP contribution in [0, 0.1) is 0 Å². The number of esters is 1. The molecule has 1 aromatic heterocycles. The SMILES string of the molecule is COC(=O)c1nc(-c2cccc(C(F)(F)F)c2)ccc1Cl. The van der Waals surface area contributed by atoms with Gasteiger partial charge in [0.15, 0.2) is 5.69 Å². The predicted octanol–water partition coefficient (Wildman–Crippen LogP) is 4.21. The van der Waals surface area contributed by atoms with E-state index in [0.717, 1.165) is 19.2 Å². The highest BCUT2D eigenvalue weighted by Crippen LogP contribution is 2.32. The van der Waals surface area contributed by atoms with Gasteiger partial charge < -0.3 is 4.74 Å². The first kappa shape index (κ1) is 15.3. The van der Waals surface area contributed by atoms with Crippen LogP contribution in [0.3, 0.4) is 0 Å². The van der Waals surface area contributed by atoms with Gasteiger partial charge in [-0.15, -0.1) is 0 Å². The van der Waals surface area contributed by atoms with Crippen molar-refractivity contribution < 1.29 is 22.7 Å². The van der Waals surface area contributed by atoms with Crippen LogP contribution in [0.25, 0.3) is 11.3 Å². The summed E-state index contributed by atoms with van der Waals surface area (Å²) in [6, 6.07) is 7.47. The molecule has 0 amide bonds. The Morgan fingerprint density at radius 1 is 1.24 bits per heavy atom. The van der Waals surface area contributed by atoms with Crippen molar-refractivity contribution in [3.63, 3.8) is 0 Å². The fourth-order valence-electron chi connectivity index (χ4n) is 1.70. The Morgan fingerprint density at radius 2 is 1.95 bits per heavy atom. The Hall–Kier alpha value is -2.08. The van der Waals surface area contributed by atoms with Gasteiger partial charge in [0.1, 0.15) is 0 Å². The third kappa shape index (κ3) is 3.33. The smallest absolute Gasteiger partial charge is 0.416 e. The Morgan fingerprint density at radius 3 is 2.57 bits per heavy atom. The van der Waals surface area contributed by atoms with Gasteiger partial charge in [-0.1, -0.05) is 23.7 Å². The van der Waals surface area contributed by atoms with E-state index in [9.17, 15) is 18.0 Å². The first-order valence-electron chi connectivity index (χ1n) is 5.75. The number of carbonyl (C=O) groups excluding carboxylic acids is 1. The number of benzene rings is 1. The van der Waals surface area contributed by atoms with Crippen molar-refractivity contribution in [3.8, 4) is 11.3 Å². The van der Waals surface area contributed by atoms with E-state index in [1.807, 2.05) is 0 Å². The summed E-state index contributed by atoms with van der Waals surface area (Å²) in [6.07, 6.45) is -4.45. The van der Waals surface area contributed by atoms with Crippen molar-refractivity contribution in [2.24, 2.45) is 0 Å². The molecule has 0 aliphatic heterocycles. The molecule has 0 aliphatic carbocycles. The minimum absolute atomic E-state index is 0.0672. The highest BCUT2D eigenvalue weighted by Gasteiger charge is 2.30. The normalized spacial score (nSPS) is 11.3. The summed E-state index contributed by atoms with van der Waals surface area (Å²) in [7, 11) is 1.16. The quantitative estimate of drug-likeness (QED) is 0.779. The predicted molar refractivity (Wildman–Crippen MR) is 71.0 cm³/mol. The number of hydrogen-bond acceptors (Lipinski definition) is 3. The molecule has 0 unspecified atom stereocenters. The molecule has 21 heavy (non-hydrogen) atoms. The number of hydrogen-bond donors (Lipinski definition) is 0. The fraction of sp³-hybridized carbons (Fsp3) is 0.143. The molecule has 0 aliphatic rings. The van der Waals surface area contributed by atoms with E-state index in [4.69, 9.17) is 11.6 Å². The average molecular weight is 316 g/mol. The molecule has 0 saturated heterocycles. The average Bonchev–Trinajstić information content (AvgIpc) is 2.46. The number of nitrogens with zero attached hydrogens (tertiary/aromatic N) is 1. The molecule has 0 saturated carbocycles. The summed E-state index contributed by atoms with van der Waals surface area (Å²) in [4.78, 5) is 15.5. The fourth-order valence-corrected chi connectivity index (χ4v) is 1.88. The highest BCUT2D eigenvalue weighted by atomic mass is 35.5. The molecule has 2 aromatic rings. The number of methoxy groups -OCH3 is 1. The van der Waals surface area contributed by atoms with Gasteiger partial charge >= 0.3 is 12.1 Å². The molecule has 110 valence electrons. The third-order valence-corrected chi connectivity index (χ3v) is 3.02. The van der Waals surface area contributed by atoms with Gasteiger partial charge in [-0.05, 0) is 24.3 Å². The second-order valence-electron chi connectivity index (χ2n) is 4.10. The molecule has 0 atom stereocenters. The largest absolute Gasteiger partial charge is 0.464 e. The van der Waals surface area contributed by atoms with Crippen LogP contribution in [0.15, 0.2) is 36.4 Å². The van der Waals surface area contributed by atoms with Gasteiger partial charge in [0.25, 0.3) is 0 Å². The number of ether oxygens (including phenoxy) is 1. The summed E-state index contributed by atoms with van der Waals surface area (Å²) >= 11 is 5.82. The number of aromatic nitrogens is 1. The lowest BCUT2D eigenvalue weighted by Gasteiger charge is -2.09. The second-order valence-corrected chi connectivity index (χ2v) is 4.50. The van der Waals surface area contributed by atoms with Gasteiger partial charge in [0, 0.05) is 5.56 Å². The lowest BCUT2D eigenvalue weighted by Crippen LogP contribution is -2.07. The highest BCUT2D eigenvalue weighted by molar-refractivity contribution is 6.33. The molecule has 0 bridgehead atoms. The lowest BCUT2D eigenvalue weighted by molar-refractivity contribution is -0.137. The van der Waals surface area contributed by atoms with Gasteiger partial charge in [0.05, 0.1) is 23.4 Å². The standard InChI is InChI=1S/C14H9ClF3NO2/c1-21-13(20)12-10(15)5-6-11(19-12)8-3-2-4-9(7-8)14(16,17)18/h2-7H,1H3. The topological polar surface area (TPSA) is 39.2 Å². The Balaban J connectivity index is 2.50. The lowest BCUT2D eigenvalue weighted by atomic mass is 10.1. The molecule has 0 radical (unpaired) electrons. The van der Waals surface area contributed by atoms with Crippen LogP contribution in [-0.4, -0.2) is 18.1 Å². The van der Waals surface area contributed by atoms with E-state index in [2.05, 4.69) is 9.72 Å². The maximum Gasteiger partial charge on any atom is 0.416 e. The Kier molecular flexibility index (Phi) is 4.18. The van der Waals surface area contributed by atoms with Crippen molar-refractivity contribution in [1.82, 2.24) is 4.98 Å².